The van der Waals surface area contributed by atoms with Crippen molar-refractivity contribution in [2.45, 2.75) is 7.43 Å². The van der Waals surface area contributed by atoms with Crippen molar-refractivity contribution in [3.05, 3.63) is 71.1 Å². The van der Waals surface area contributed by atoms with Crippen LogP contribution in [0.4, 0.5) is 0 Å². The highest BCUT2D eigenvalue weighted by molar-refractivity contribution is 5.81. The van der Waals surface area contributed by atoms with Gasteiger partial charge in [0.15, 0.2) is 5.43 Å². The van der Waals surface area contributed by atoms with Crippen molar-refractivity contribution in [2.75, 3.05) is 0 Å². The van der Waals surface area contributed by atoms with Crippen LogP contribution >= 0.6 is 0 Å². The molecule has 2 heteroatoms. The smallest absolute Gasteiger partial charge is 0.200 e. The normalized spacial score (nSPS) is 10.0. The van der Waals surface area contributed by atoms with Crippen molar-refractivity contribution in [1.29, 1.82) is 0 Å². The van der Waals surface area contributed by atoms with E-state index in [0.29, 0.717) is 16.5 Å². The molecule has 0 saturated carbocycles. The summed E-state index contributed by atoms with van der Waals surface area (Å²) in [6.45, 7) is 0. The molecule has 0 aliphatic carbocycles. The van der Waals surface area contributed by atoms with Crippen LogP contribution in [0.15, 0.2) is 70.1 Å². The number of fused-ring (bicyclic) bond motifs is 1. The average molecular weight is 238 g/mol. The van der Waals surface area contributed by atoms with E-state index in [1.165, 1.54) is 6.26 Å². The molecule has 1 heterocycles. The molecule has 0 amide bonds. The summed E-state index contributed by atoms with van der Waals surface area (Å²) in [6, 6.07) is 16.8. The third-order valence-electron chi connectivity index (χ3n) is 2.76. The molecule has 0 bridgehead atoms. The van der Waals surface area contributed by atoms with Crippen molar-refractivity contribution >= 4 is 11.0 Å². The molecule has 0 aliphatic heterocycles. The molecular weight excluding hydrogens is 224 g/mol. The fourth-order valence-electron chi connectivity index (χ4n) is 1.89. The van der Waals surface area contributed by atoms with E-state index in [0.717, 1.165) is 5.56 Å². The Morgan fingerprint density at radius 3 is 2.28 bits per heavy atom. The minimum absolute atomic E-state index is 0. The first kappa shape index (κ1) is 12.1. The van der Waals surface area contributed by atoms with E-state index in [4.69, 9.17) is 4.42 Å². The summed E-state index contributed by atoms with van der Waals surface area (Å²) in [5.41, 5.74) is 2.12. The Morgan fingerprint density at radius 2 is 1.50 bits per heavy atom. The van der Waals surface area contributed by atoms with E-state index < -0.39 is 0 Å². The first-order valence-corrected chi connectivity index (χ1v) is 5.42. The summed E-state index contributed by atoms with van der Waals surface area (Å²) in [5.74, 6) is 0. The van der Waals surface area contributed by atoms with Gasteiger partial charge in [0.2, 0.25) is 0 Å². The van der Waals surface area contributed by atoms with Crippen molar-refractivity contribution in [1.82, 2.24) is 0 Å². The first-order chi connectivity index (χ1) is 8.36. The predicted molar refractivity (Wildman–Crippen MR) is 74.7 cm³/mol. The molecule has 0 aliphatic rings. The molecule has 0 N–H and O–H groups in total. The van der Waals surface area contributed by atoms with Gasteiger partial charge in [0.1, 0.15) is 11.8 Å². The van der Waals surface area contributed by atoms with Gasteiger partial charge in [-0.25, -0.2) is 0 Å². The molecule has 3 aromatic rings. The molecule has 3 rings (SSSR count). The van der Waals surface area contributed by atoms with Gasteiger partial charge in [-0.2, -0.15) is 0 Å². The Morgan fingerprint density at radius 1 is 0.833 bits per heavy atom. The summed E-state index contributed by atoms with van der Waals surface area (Å²) < 4.78 is 5.48. The Bertz CT molecular complexity index is 712. The highest BCUT2D eigenvalue weighted by atomic mass is 16.3. The number of hydrogen-bond donors (Lipinski definition) is 0. The van der Waals surface area contributed by atoms with Gasteiger partial charge < -0.3 is 4.42 Å². The fourth-order valence-corrected chi connectivity index (χ4v) is 1.89. The van der Waals surface area contributed by atoms with E-state index in [1.54, 1.807) is 12.1 Å². The van der Waals surface area contributed by atoms with Gasteiger partial charge >= 0.3 is 0 Å². The molecule has 0 spiro atoms. The van der Waals surface area contributed by atoms with Crippen LogP contribution in [0.5, 0.6) is 0 Å². The zero-order chi connectivity index (χ0) is 11.7. The molecule has 0 saturated heterocycles. The van der Waals surface area contributed by atoms with Crippen LogP contribution in [0.3, 0.4) is 0 Å². The SMILES string of the molecule is C.O=c1c(-c2ccccc2)coc2ccccc12. The minimum Gasteiger partial charge on any atom is -0.463 e. The molecular formula is C16H14O2. The van der Waals surface area contributed by atoms with Crippen LogP contribution in [-0.4, -0.2) is 0 Å². The molecule has 90 valence electrons. The van der Waals surface area contributed by atoms with Crippen LogP contribution < -0.4 is 5.43 Å². The average Bonchev–Trinajstić information content (AvgIpc) is 2.40. The number of rotatable bonds is 1. The monoisotopic (exact) mass is 238 g/mol. The predicted octanol–water partition coefficient (Wildman–Crippen LogP) is 4.10. The third kappa shape index (κ3) is 1.93. The Kier molecular flexibility index (Phi) is 3.28. The molecule has 0 atom stereocenters. The summed E-state index contributed by atoms with van der Waals surface area (Å²) in [6.07, 6.45) is 1.53. The molecule has 2 aromatic carbocycles. The van der Waals surface area contributed by atoms with Gasteiger partial charge in [-0.1, -0.05) is 49.9 Å². The first-order valence-electron chi connectivity index (χ1n) is 5.42. The lowest BCUT2D eigenvalue weighted by Crippen LogP contribution is -2.04. The summed E-state index contributed by atoms with van der Waals surface area (Å²) in [7, 11) is 0. The van der Waals surface area contributed by atoms with Crippen molar-refractivity contribution in [3.8, 4) is 11.1 Å². The standard InChI is InChI=1S/C15H10O2.CH4/c16-15-12-8-4-5-9-14(12)17-10-13(15)11-6-2-1-3-7-11;/h1-10H;1H4. The molecule has 1 aromatic heterocycles. The van der Waals surface area contributed by atoms with E-state index in [1.807, 2.05) is 42.5 Å². The van der Waals surface area contributed by atoms with Crippen LogP contribution in [0.2, 0.25) is 0 Å². The topological polar surface area (TPSA) is 30.2 Å². The van der Waals surface area contributed by atoms with Gasteiger partial charge in [0, 0.05) is 0 Å². The third-order valence-corrected chi connectivity index (χ3v) is 2.76. The second-order valence-corrected chi connectivity index (χ2v) is 3.84. The maximum atomic E-state index is 12.3. The quantitative estimate of drug-likeness (QED) is 0.639. The van der Waals surface area contributed by atoms with E-state index in [9.17, 15) is 4.79 Å². The zero-order valence-corrected chi connectivity index (χ0v) is 9.09. The summed E-state index contributed by atoms with van der Waals surface area (Å²) in [4.78, 5) is 12.3. The highest BCUT2D eigenvalue weighted by Crippen LogP contribution is 2.18. The molecule has 0 unspecified atom stereocenters. The van der Waals surface area contributed by atoms with E-state index >= 15 is 0 Å². The number of para-hydroxylation sites is 1. The van der Waals surface area contributed by atoms with Crippen LogP contribution in [0.1, 0.15) is 7.43 Å². The summed E-state index contributed by atoms with van der Waals surface area (Å²) >= 11 is 0. The lowest BCUT2D eigenvalue weighted by atomic mass is 10.1. The Labute approximate surface area is 106 Å². The van der Waals surface area contributed by atoms with Gasteiger partial charge in [-0.15, -0.1) is 0 Å². The number of benzene rings is 2. The van der Waals surface area contributed by atoms with Gasteiger partial charge in [0.05, 0.1) is 10.9 Å². The van der Waals surface area contributed by atoms with Crippen LogP contribution in [0, 0.1) is 0 Å². The van der Waals surface area contributed by atoms with Crippen LogP contribution in [-0.2, 0) is 0 Å². The highest BCUT2D eigenvalue weighted by Gasteiger charge is 2.07. The molecule has 0 fully saturated rings. The molecule has 18 heavy (non-hydrogen) atoms. The van der Waals surface area contributed by atoms with Gasteiger partial charge in [0.25, 0.3) is 0 Å². The van der Waals surface area contributed by atoms with Crippen molar-refractivity contribution in [2.24, 2.45) is 0 Å². The molecule has 2 nitrogen and oxygen atoms in total. The van der Waals surface area contributed by atoms with E-state index in [-0.39, 0.29) is 12.9 Å². The van der Waals surface area contributed by atoms with E-state index in [2.05, 4.69) is 0 Å². The second kappa shape index (κ2) is 4.88. The lowest BCUT2D eigenvalue weighted by Gasteiger charge is -2.01. The summed E-state index contributed by atoms with van der Waals surface area (Å²) in [5, 5.41) is 0.619. The largest absolute Gasteiger partial charge is 0.463 e. The second-order valence-electron chi connectivity index (χ2n) is 3.84. The zero-order valence-electron chi connectivity index (χ0n) is 9.09. The number of hydrogen-bond acceptors (Lipinski definition) is 2. The maximum absolute atomic E-state index is 12.3. The Hall–Kier alpha value is -2.35. The van der Waals surface area contributed by atoms with Crippen molar-refractivity contribution in [3.63, 3.8) is 0 Å². The lowest BCUT2D eigenvalue weighted by molar-refractivity contribution is 0.604. The van der Waals surface area contributed by atoms with Gasteiger partial charge in [-0.05, 0) is 17.7 Å². The maximum Gasteiger partial charge on any atom is 0.200 e. The fraction of sp³-hybridized carbons (Fsp3) is 0.0625. The molecule has 0 radical (unpaired) electrons. The van der Waals surface area contributed by atoms with Crippen molar-refractivity contribution < 1.29 is 4.42 Å². The minimum atomic E-state index is 0. The Balaban J connectivity index is 0.00000120. The van der Waals surface area contributed by atoms with Crippen LogP contribution in [0.25, 0.3) is 22.1 Å². The van der Waals surface area contributed by atoms with Gasteiger partial charge in [-0.3, -0.25) is 4.79 Å².